The molecule has 0 spiro atoms. The molecule has 0 radical (unpaired) electrons. The minimum absolute atomic E-state index is 0.0784. The van der Waals surface area contributed by atoms with Gasteiger partial charge in [0, 0.05) is 12.0 Å². The number of fused-ring (bicyclic) bond motifs is 1. The van der Waals surface area contributed by atoms with Gasteiger partial charge in [-0.25, -0.2) is 13.8 Å². The van der Waals surface area contributed by atoms with Crippen LogP contribution in [0.2, 0.25) is 0 Å². The summed E-state index contributed by atoms with van der Waals surface area (Å²) in [6.45, 7) is 0. The van der Waals surface area contributed by atoms with Gasteiger partial charge >= 0.3 is 5.97 Å². The quantitative estimate of drug-likeness (QED) is 0.709. The number of carboxylic acids is 1. The molecule has 0 unspecified atom stereocenters. The minimum Gasteiger partial charge on any atom is -0.481 e. The predicted molar refractivity (Wildman–Crippen MR) is 90.7 cm³/mol. The molecule has 0 aliphatic carbocycles. The van der Waals surface area contributed by atoms with Crippen molar-refractivity contribution in [3.05, 3.63) is 64.7 Å². The van der Waals surface area contributed by atoms with E-state index in [2.05, 4.69) is 4.98 Å². The van der Waals surface area contributed by atoms with Crippen LogP contribution in [0.3, 0.4) is 0 Å². The lowest BCUT2D eigenvalue weighted by Crippen LogP contribution is -1.96. The number of benzene rings is 2. The number of para-hydroxylation sites is 1. The van der Waals surface area contributed by atoms with Gasteiger partial charge in [0.1, 0.15) is 16.6 Å². The molecular formula is C18H13F2NO2S. The molecule has 3 rings (SSSR count). The molecule has 0 atom stereocenters. The van der Waals surface area contributed by atoms with E-state index in [1.807, 2.05) is 24.3 Å². The van der Waals surface area contributed by atoms with E-state index in [0.29, 0.717) is 10.6 Å². The lowest BCUT2D eigenvalue weighted by atomic mass is 10.1. The van der Waals surface area contributed by atoms with Crippen LogP contribution in [0.25, 0.3) is 21.9 Å². The molecule has 0 bridgehead atoms. The van der Waals surface area contributed by atoms with Gasteiger partial charge in [0.2, 0.25) is 0 Å². The van der Waals surface area contributed by atoms with Crippen LogP contribution >= 0.6 is 11.3 Å². The first kappa shape index (κ1) is 16.3. The number of allylic oxidation sites excluding steroid dienone is 1. The molecule has 3 aromatic rings. The average Bonchev–Trinajstić information content (AvgIpc) is 2.98. The summed E-state index contributed by atoms with van der Waals surface area (Å²) >= 11 is 1.40. The molecule has 3 nitrogen and oxygen atoms in total. The largest absolute Gasteiger partial charge is 0.481 e. The molecule has 1 aromatic heterocycles. The number of thiazole rings is 1. The summed E-state index contributed by atoms with van der Waals surface area (Å²) in [7, 11) is 0. The van der Waals surface area contributed by atoms with E-state index >= 15 is 0 Å². The Morgan fingerprint density at radius 3 is 2.71 bits per heavy atom. The van der Waals surface area contributed by atoms with E-state index in [1.54, 1.807) is 0 Å². The third kappa shape index (κ3) is 3.65. The SMILES string of the molecule is O=C(O)CCC(=Cc1cc(F)ccc1F)c1nc2ccccc2s1. The van der Waals surface area contributed by atoms with E-state index in [9.17, 15) is 13.6 Å². The molecule has 24 heavy (non-hydrogen) atoms. The van der Waals surface area contributed by atoms with Crippen LogP contribution < -0.4 is 0 Å². The number of aliphatic carboxylic acids is 1. The first-order chi connectivity index (χ1) is 11.5. The Kier molecular flexibility index (Phi) is 4.66. The maximum absolute atomic E-state index is 13.9. The van der Waals surface area contributed by atoms with E-state index in [1.165, 1.54) is 17.4 Å². The summed E-state index contributed by atoms with van der Waals surface area (Å²) in [5.41, 5.74) is 1.44. The topological polar surface area (TPSA) is 50.2 Å². The second kappa shape index (κ2) is 6.88. The van der Waals surface area contributed by atoms with Gasteiger partial charge in [0.25, 0.3) is 0 Å². The number of carboxylic acid groups (broad SMARTS) is 1. The second-order valence-corrected chi connectivity index (χ2v) is 6.25. The van der Waals surface area contributed by atoms with Crippen molar-refractivity contribution >= 4 is 39.2 Å². The van der Waals surface area contributed by atoms with Crippen LogP contribution in [0.15, 0.2) is 42.5 Å². The first-order valence-electron chi connectivity index (χ1n) is 7.26. The van der Waals surface area contributed by atoms with Gasteiger partial charge in [-0.2, -0.15) is 0 Å². The number of halogens is 2. The molecule has 0 saturated heterocycles. The number of hydrogen-bond acceptors (Lipinski definition) is 3. The molecule has 2 aromatic carbocycles. The summed E-state index contributed by atoms with van der Waals surface area (Å²) < 4.78 is 28.2. The number of carbonyl (C=O) groups is 1. The molecule has 1 heterocycles. The van der Waals surface area contributed by atoms with Crippen LogP contribution in [0.5, 0.6) is 0 Å². The Morgan fingerprint density at radius 2 is 1.96 bits per heavy atom. The molecule has 0 fully saturated rings. The molecule has 0 aliphatic heterocycles. The Labute approximate surface area is 140 Å². The van der Waals surface area contributed by atoms with Crippen molar-refractivity contribution in [1.29, 1.82) is 0 Å². The van der Waals surface area contributed by atoms with Crippen molar-refractivity contribution in [2.45, 2.75) is 12.8 Å². The van der Waals surface area contributed by atoms with Crippen molar-refractivity contribution in [1.82, 2.24) is 4.98 Å². The lowest BCUT2D eigenvalue weighted by Gasteiger charge is -2.04. The molecule has 0 aliphatic rings. The standard InChI is InChI=1S/C18H13F2NO2S/c19-13-6-7-14(20)12(10-13)9-11(5-8-17(22)23)18-21-15-3-1-2-4-16(15)24-18/h1-4,6-7,9-10H,5,8H2,(H,22,23). The maximum atomic E-state index is 13.9. The van der Waals surface area contributed by atoms with E-state index in [0.717, 1.165) is 28.4 Å². The third-order valence-electron chi connectivity index (χ3n) is 3.46. The fourth-order valence-electron chi connectivity index (χ4n) is 2.30. The zero-order chi connectivity index (χ0) is 17.1. The summed E-state index contributed by atoms with van der Waals surface area (Å²) in [6, 6.07) is 10.7. The van der Waals surface area contributed by atoms with E-state index in [-0.39, 0.29) is 18.4 Å². The number of nitrogens with zero attached hydrogens (tertiary/aromatic N) is 1. The maximum Gasteiger partial charge on any atom is 0.303 e. The highest BCUT2D eigenvalue weighted by Crippen LogP contribution is 2.31. The highest BCUT2D eigenvalue weighted by Gasteiger charge is 2.12. The van der Waals surface area contributed by atoms with Crippen LogP contribution in [0.1, 0.15) is 23.4 Å². The Bertz CT molecular complexity index is 901. The second-order valence-electron chi connectivity index (χ2n) is 5.22. The van der Waals surface area contributed by atoms with Gasteiger partial charge < -0.3 is 5.11 Å². The zero-order valence-corrected chi connectivity index (χ0v) is 13.3. The fourth-order valence-corrected chi connectivity index (χ4v) is 3.31. The van der Waals surface area contributed by atoms with Crippen molar-refractivity contribution < 1.29 is 18.7 Å². The van der Waals surface area contributed by atoms with Crippen molar-refractivity contribution in [3.8, 4) is 0 Å². The summed E-state index contributed by atoms with van der Waals surface area (Å²) in [6.07, 6.45) is 1.54. The molecule has 0 amide bonds. The predicted octanol–water partition coefficient (Wildman–Crippen LogP) is 4.98. The first-order valence-corrected chi connectivity index (χ1v) is 8.08. The van der Waals surface area contributed by atoms with E-state index < -0.39 is 17.6 Å². The van der Waals surface area contributed by atoms with Crippen molar-refractivity contribution in [3.63, 3.8) is 0 Å². The van der Waals surface area contributed by atoms with Gasteiger partial charge in [-0.05, 0) is 48.4 Å². The highest BCUT2D eigenvalue weighted by molar-refractivity contribution is 7.19. The molecule has 1 N–H and O–H groups in total. The van der Waals surface area contributed by atoms with Gasteiger partial charge in [-0.15, -0.1) is 11.3 Å². The summed E-state index contributed by atoms with van der Waals surface area (Å²) in [5.74, 6) is -2.07. The minimum atomic E-state index is -0.957. The fraction of sp³-hybridized carbons (Fsp3) is 0.111. The zero-order valence-electron chi connectivity index (χ0n) is 12.5. The normalized spacial score (nSPS) is 11.8. The average molecular weight is 345 g/mol. The Morgan fingerprint density at radius 1 is 1.17 bits per heavy atom. The number of hydrogen-bond donors (Lipinski definition) is 1. The van der Waals surface area contributed by atoms with Gasteiger partial charge in [-0.1, -0.05) is 12.1 Å². The summed E-state index contributed by atoms with van der Waals surface area (Å²) in [5, 5.41) is 9.55. The van der Waals surface area contributed by atoms with Crippen LogP contribution in [-0.2, 0) is 4.79 Å². The Hall–Kier alpha value is -2.60. The monoisotopic (exact) mass is 345 g/mol. The van der Waals surface area contributed by atoms with Gasteiger partial charge in [-0.3, -0.25) is 4.79 Å². The molecular weight excluding hydrogens is 332 g/mol. The Balaban J connectivity index is 2.06. The summed E-state index contributed by atoms with van der Waals surface area (Å²) in [4.78, 5) is 15.4. The molecule has 6 heteroatoms. The van der Waals surface area contributed by atoms with Gasteiger partial charge in [0.05, 0.1) is 10.2 Å². The molecule has 0 saturated carbocycles. The molecule has 122 valence electrons. The van der Waals surface area contributed by atoms with Crippen molar-refractivity contribution in [2.75, 3.05) is 0 Å². The number of rotatable bonds is 5. The van der Waals surface area contributed by atoms with Crippen molar-refractivity contribution in [2.24, 2.45) is 0 Å². The lowest BCUT2D eigenvalue weighted by molar-refractivity contribution is -0.136. The highest BCUT2D eigenvalue weighted by atomic mass is 32.1. The number of aromatic nitrogens is 1. The van der Waals surface area contributed by atoms with Crippen LogP contribution in [0, 0.1) is 11.6 Å². The van der Waals surface area contributed by atoms with Crippen LogP contribution in [0.4, 0.5) is 8.78 Å². The van der Waals surface area contributed by atoms with Gasteiger partial charge in [0.15, 0.2) is 0 Å². The van der Waals surface area contributed by atoms with E-state index in [4.69, 9.17) is 5.11 Å². The smallest absolute Gasteiger partial charge is 0.303 e. The van der Waals surface area contributed by atoms with Crippen LogP contribution in [-0.4, -0.2) is 16.1 Å². The third-order valence-corrected chi connectivity index (χ3v) is 4.58.